The molecule has 6 nitrogen and oxygen atoms in total. The number of hydrogen-bond donors (Lipinski definition) is 2. The summed E-state index contributed by atoms with van der Waals surface area (Å²) in [5, 5.41) is 2.82. The van der Waals surface area contributed by atoms with Crippen molar-refractivity contribution in [1.82, 2.24) is 10.3 Å². The van der Waals surface area contributed by atoms with Crippen LogP contribution in [0.1, 0.15) is 27.2 Å². The highest BCUT2D eigenvalue weighted by molar-refractivity contribution is 7.92. The molecule has 1 amide bonds. The molecule has 0 aliphatic carbocycles. The van der Waals surface area contributed by atoms with E-state index in [9.17, 15) is 13.2 Å². The molecule has 0 radical (unpaired) electrons. The van der Waals surface area contributed by atoms with E-state index in [4.69, 9.17) is 0 Å². The average molecular weight is 410 g/mol. The highest BCUT2D eigenvalue weighted by atomic mass is 32.2. The van der Waals surface area contributed by atoms with Crippen molar-refractivity contribution >= 4 is 21.6 Å². The zero-order chi connectivity index (χ0) is 20.9. The van der Waals surface area contributed by atoms with Crippen LogP contribution in [0.5, 0.6) is 0 Å². The van der Waals surface area contributed by atoms with Crippen molar-refractivity contribution in [2.45, 2.75) is 25.2 Å². The summed E-state index contributed by atoms with van der Waals surface area (Å²) in [4.78, 5) is 17.1. The van der Waals surface area contributed by atoms with Crippen LogP contribution in [0.25, 0.3) is 0 Å². The molecule has 0 atom stereocenters. The first kappa shape index (κ1) is 20.5. The first-order chi connectivity index (χ1) is 13.9. The van der Waals surface area contributed by atoms with E-state index in [1.54, 1.807) is 49.5 Å². The lowest BCUT2D eigenvalue weighted by atomic mass is 10.1. The zero-order valence-corrected chi connectivity index (χ0v) is 17.2. The molecular weight excluding hydrogens is 386 g/mol. The first-order valence-corrected chi connectivity index (χ1v) is 10.7. The molecule has 1 aromatic heterocycles. The van der Waals surface area contributed by atoms with Crippen molar-refractivity contribution in [3.8, 4) is 0 Å². The van der Waals surface area contributed by atoms with Crippen LogP contribution in [-0.2, 0) is 16.4 Å². The summed E-state index contributed by atoms with van der Waals surface area (Å²) in [6.45, 7) is 3.97. The molecule has 0 spiro atoms. The monoisotopic (exact) mass is 409 g/mol. The van der Waals surface area contributed by atoms with Gasteiger partial charge in [0.1, 0.15) is 0 Å². The third kappa shape index (κ3) is 5.20. The van der Waals surface area contributed by atoms with Gasteiger partial charge < -0.3 is 5.32 Å². The third-order valence-electron chi connectivity index (χ3n) is 4.44. The minimum Gasteiger partial charge on any atom is -0.352 e. The number of aryl methyl sites for hydroxylation is 2. The highest BCUT2D eigenvalue weighted by Gasteiger charge is 2.20. The number of rotatable bonds is 7. The lowest BCUT2D eigenvalue weighted by molar-refractivity contribution is 0.0955. The first-order valence-electron chi connectivity index (χ1n) is 9.24. The van der Waals surface area contributed by atoms with Crippen molar-refractivity contribution in [1.29, 1.82) is 0 Å². The van der Waals surface area contributed by atoms with Crippen molar-refractivity contribution in [3.05, 3.63) is 89.2 Å². The van der Waals surface area contributed by atoms with Crippen LogP contribution in [0.2, 0.25) is 0 Å². The Morgan fingerprint density at radius 1 is 1.00 bits per heavy atom. The van der Waals surface area contributed by atoms with E-state index in [-0.39, 0.29) is 22.1 Å². The Morgan fingerprint density at radius 3 is 2.52 bits per heavy atom. The number of amides is 1. The molecule has 7 heteroatoms. The van der Waals surface area contributed by atoms with Crippen LogP contribution < -0.4 is 10.0 Å². The minimum absolute atomic E-state index is 0.197. The van der Waals surface area contributed by atoms with E-state index in [1.165, 1.54) is 0 Å². The number of sulfonamides is 1. The van der Waals surface area contributed by atoms with E-state index in [2.05, 4.69) is 15.0 Å². The number of para-hydroxylation sites is 1. The summed E-state index contributed by atoms with van der Waals surface area (Å²) in [5.74, 6) is -0.347. The standard InChI is InChI=1S/C22H23N3O3S/c1-16-10-11-17(2)21(15-16)29(27,28)25-20-9-4-3-8-19(20)22(26)24-14-12-18-7-5-6-13-23-18/h3-11,13,15,25H,12,14H2,1-2H3,(H,24,26). The Bertz CT molecular complexity index is 1110. The largest absolute Gasteiger partial charge is 0.352 e. The number of pyridine rings is 1. The molecule has 2 aromatic carbocycles. The van der Waals surface area contributed by atoms with E-state index in [0.29, 0.717) is 18.5 Å². The number of hydrogen-bond acceptors (Lipinski definition) is 4. The van der Waals surface area contributed by atoms with Gasteiger partial charge in [-0.3, -0.25) is 14.5 Å². The van der Waals surface area contributed by atoms with Gasteiger partial charge in [0.2, 0.25) is 0 Å². The second-order valence-electron chi connectivity index (χ2n) is 6.75. The van der Waals surface area contributed by atoms with E-state index < -0.39 is 10.0 Å². The second kappa shape index (κ2) is 8.87. The van der Waals surface area contributed by atoms with Crippen molar-refractivity contribution in [3.63, 3.8) is 0 Å². The van der Waals surface area contributed by atoms with E-state index >= 15 is 0 Å². The van der Waals surface area contributed by atoms with Gasteiger partial charge in [0, 0.05) is 24.9 Å². The number of nitrogens with zero attached hydrogens (tertiary/aromatic N) is 1. The molecule has 0 aliphatic rings. The van der Waals surface area contributed by atoms with Crippen LogP contribution in [0.4, 0.5) is 5.69 Å². The minimum atomic E-state index is -3.83. The predicted octanol–water partition coefficient (Wildman–Crippen LogP) is 3.47. The zero-order valence-electron chi connectivity index (χ0n) is 16.3. The summed E-state index contributed by atoms with van der Waals surface area (Å²) in [6.07, 6.45) is 2.29. The molecule has 2 N–H and O–H groups in total. The Hall–Kier alpha value is -3.19. The Kier molecular flexibility index (Phi) is 6.29. The van der Waals surface area contributed by atoms with Gasteiger partial charge in [0.15, 0.2) is 0 Å². The maximum Gasteiger partial charge on any atom is 0.262 e. The van der Waals surface area contributed by atoms with Gasteiger partial charge in [-0.2, -0.15) is 0 Å². The third-order valence-corrected chi connectivity index (χ3v) is 5.95. The molecule has 0 unspecified atom stereocenters. The van der Waals surface area contributed by atoms with Gasteiger partial charge in [-0.25, -0.2) is 8.42 Å². The fourth-order valence-corrected chi connectivity index (χ4v) is 4.32. The lowest BCUT2D eigenvalue weighted by Gasteiger charge is -2.14. The van der Waals surface area contributed by atoms with Gasteiger partial charge in [0.25, 0.3) is 15.9 Å². The summed E-state index contributed by atoms with van der Waals surface area (Å²) < 4.78 is 28.4. The average Bonchev–Trinajstić information content (AvgIpc) is 2.70. The van der Waals surface area contributed by atoms with Gasteiger partial charge in [0.05, 0.1) is 16.1 Å². The predicted molar refractivity (Wildman–Crippen MR) is 113 cm³/mol. The topological polar surface area (TPSA) is 88.2 Å². The number of carbonyl (C=O) groups excluding carboxylic acids is 1. The van der Waals surface area contributed by atoms with Crippen molar-refractivity contribution < 1.29 is 13.2 Å². The maximum absolute atomic E-state index is 12.9. The SMILES string of the molecule is Cc1ccc(C)c(S(=O)(=O)Nc2ccccc2C(=O)NCCc2ccccn2)c1. The number of carbonyl (C=O) groups is 1. The molecule has 0 fully saturated rings. The van der Waals surface area contributed by atoms with Crippen LogP contribution in [-0.4, -0.2) is 25.9 Å². The van der Waals surface area contributed by atoms with Crippen molar-refractivity contribution in [2.24, 2.45) is 0 Å². The highest BCUT2D eigenvalue weighted by Crippen LogP contribution is 2.23. The fraction of sp³-hybridized carbons (Fsp3) is 0.182. The molecule has 0 saturated heterocycles. The molecule has 3 rings (SSSR count). The normalized spacial score (nSPS) is 11.1. The van der Waals surface area contributed by atoms with Crippen LogP contribution in [0, 0.1) is 13.8 Å². The molecule has 3 aromatic rings. The number of nitrogens with one attached hydrogen (secondary N) is 2. The fourth-order valence-electron chi connectivity index (χ4n) is 2.91. The van der Waals surface area contributed by atoms with Crippen LogP contribution >= 0.6 is 0 Å². The number of anilines is 1. The van der Waals surface area contributed by atoms with E-state index in [1.807, 2.05) is 31.2 Å². The number of benzene rings is 2. The lowest BCUT2D eigenvalue weighted by Crippen LogP contribution is -2.27. The summed E-state index contributed by atoms with van der Waals surface area (Å²) in [5.41, 5.74) is 2.86. The second-order valence-corrected chi connectivity index (χ2v) is 8.40. The molecule has 0 aliphatic heterocycles. The van der Waals surface area contributed by atoms with Gasteiger partial charge in [-0.1, -0.05) is 30.3 Å². The quantitative estimate of drug-likeness (QED) is 0.625. The summed E-state index contributed by atoms with van der Waals surface area (Å²) in [6, 6.07) is 17.4. The smallest absolute Gasteiger partial charge is 0.262 e. The summed E-state index contributed by atoms with van der Waals surface area (Å²) >= 11 is 0. The van der Waals surface area contributed by atoms with Crippen LogP contribution in [0.3, 0.4) is 0 Å². The molecular formula is C22H23N3O3S. The van der Waals surface area contributed by atoms with E-state index in [0.717, 1.165) is 11.3 Å². The van der Waals surface area contributed by atoms with Crippen LogP contribution in [0.15, 0.2) is 71.8 Å². The molecule has 0 saturated carbocycles. The number of aromatic nitrogens is 1. The Balaban J connectivity index is 1.76. The Labute approximate surface area is 171 Å². The molecule has 29 heavy (non-hydrogen) atoms. The molecule has 150 valence electrons. The van der Waals surface area contributed by atoms with Crippen molar-refractivity contribution in [2.75, 3.05) is 11.3 Å². The molecule has 1 heterocycles. The summed E-state index contributed by atoms with van der Waals surface area (Å²) in [7, 11) is -3.83. The maximum atomic E-state index is 12.9. The van der Waals surface area contributed by atoms with Gasteiger partial charge >= 0.3 is 0 Å². The van der Waals surface area contributed by atoms with Gasteiger partial charge in [-0.15, -0.1) is 0 Å². The van der Waals surface area contributed by atoms with Gasteiger partial charge in [-0.05, 0) is 55.3 Å². The Morgan fingerprint density at radius 2 is 1.76 bits per heavy atom. The molecule has 0 bridgehead atoms.